The van der Waals surface area contributed by atoms with Gasteiger partial charge in [0.2, 0.25) is 0 Å². The first-order chi connectivity index (χ1) is 8.49. The number of amides is 1. The van der Waals surface area contributed by atoms with Gasteiger partial charge in [-0.05, 0) is 43.5 Å². The van der Waals surface area contributed by atoms with Gasteiger partial charge >= 0.3 is 5.97 Å². The third kappa shape index (κ3) is 4.95. The van der Waals surface area contributed by atoms with Gasteiger partial charge < -0.3 is 10.4 Å². The lowest BCUT2D eigenvalue weighted by atomic mass is 10.1. The van der Waals surface area contributed by atoms with Gasteiger partial charge in [-0.1, -0.05) is 0 Å². The maximum atomic E-state index is 13.1. The second kappa shape index (κ2) is 6.74. The molecule has 5 heteroatoms. The molecule has 1 rings (SSSR count). The third-order valence-corrected chi connectivity index (χ3v) is 2.41. The highest BCUT2D eigenvalue weighted by atomic mass is 19.1. The summed E-state index contributed by atoms with van der Waals surface area (Å²) in [6.45, 7) is 2.11. The van der Waals surface area contributed by atoms with Crippen molar-refractivity contribution in [1.82, 2.24) is 5.32 Å². The lowest BCUT2D eigenvalue weighted by molar-refractivity contribution is -0.137. The first-order valence-corrected chi connectivity index (χ1v) is 5.76. The number of carboxylic acids is 1. The summed E-state index contributed by atoms with van der Waals surface area (Å²) >= 11 is 0. The van der Waals surface area contributed by atoms with Gasteiger partial charge in [0.1, 0.15) is 5.82 Å². The molecule has 0 aliphatic rings. The number of nitrogens with one attached hydrogen (secondary N) is 1. The van der Waals surface area contributed by atoms with E-state index in [4.69, 9.17) is 5.11 Å². The van der Waals surface area contributed by atoms with E-state index in [1.807, 2.05) is 0 Å². The molecule has 4 nitrogen and oxygen atoms in total. The van der Waals surface area contributed by atoms with E-state index < -0.39 is 11.8 Å². The number of halogens is 1. The molecule has 0 atom stereocenters. The van der Waals surface area contributed by atoms with Crippen LogP contribution in [0.3, 0.4) is 0 Å². The highest BCUT2D eigenvalue weighted by Crippen LogP contribution is 2.08. The molecule has 1 aromatic carbocycles. The third-order valence-electron chi connectivity index (χ3n) is 2.41. The number of carbonyl (C=O) groups excluding carboxylic acids is 1. The topological polar surface area (TPSA) is 66.4 Å². The Morgan fingerprint density at radius 2 is 2.00 bits per heavy atom. The molecule has 0 saturated heterocycles. The normalized spacial score (nSPS) is 10.1. The second-order valence-corrected chi connectivity index (χ2v) is 4.12. The summed E-state index contributed by atoms with van der Waals surface area (Å²) < 4.78 is 13.1. The molecule has 1 aromatic rings. The molecule has 0 fully saturated rings. The average molecular weight is 253 g/mol. The van der Waals surface area contributed by atoms with Crippen LogP contribution in [-0.2, 0) is 4.79 Å². The monoisotopic (exact) mass is 253 g/mol. The predicted molar refractivity (Wildman–Crippen MR) is 65.0 cm³/mol. The number of hydrogen-bond donors (Lipinski definition) is 2. The van der Waals surface area contributed by atoms with Crippen molar-refractivity contribution in [3.8, 4) is 0 Å². The van der Waals surface area contributed by atoms with Crippen molar-refractivity contribution in [1.29, 1.82) is 0 Å². The van der Waals surface area contributed by atoms with Gasteiger partial charge in [-0.15, -0.1) is 0 Å². The number of carboxylic acid groups (broad SMARTS) is 1. The van der Waals surface area contributed by atoms with Crippen molar-refractivity contribution in [2.24, 2.45) is 0 Å². The first kappa shape index (κ1) is 14.2. The Bertz CT molecular complexity index is 426. The maximum Gasteiger partial charge on any atom is 0.303 e. The number of carbonyl (C=O) groups is 2. The summed E-state index contributed by atoms with van der Waals surface area (Å²) in [7, 11) is 0. The maximum absolute atomic E-state index is 13.1. The van der Waals surface area contributed by atoms with Gasteiger partial charge in [-0.2, -0.15) is 0 Å². The van der Waals surface area contributed by atoms with Crippen LogP contribution in [-0.4, -0.2) is 23.5 Å². The predicted octanol–water partition coefficient (Wildman–Crippen LogP) is 2.12. The molecule has 0 bridgehead atoms. The number of benzene rings is 1. The lowest BCUT2D eigenvalue weighted by Crippen LogP contribution is -2.24. The number of aryl methyl sites for hydroxylation is 1. The fourth-order valence-corrected chi connectivity index (χ4v) is 1.57. The molecule has 1 amide bonds. The Kier molecular flexibility index (Phi) is 5.30. The Balaban J connectivity index is 2.38. The molecule has 18 heavy (non-hydrogen) atoms. The Hall–Kier alpha value is -1.91. The molecule has 0 unspecified atom stereocenters. The number of aliphatic carboxylic acids is 1. The minimum absolute atomic E-state index is 0.0922. The van der Waals surface area contributed by atoms with E-state index in [2.05, 4.69) is 5.32 Å². The molecule has 0 aliphatic carbocycles. The van der Waals surface area contributed by atoms with Crippen molar-refractivity contribution in [2.45, 2.75) is 26.2 Å². The fourth-order valence-electron chi connectivity index (χ4n) is 1.57. The molecular weight excluding hydrogens is 237 g/mol. The van der Waals surface area contributed by atoms with E-state index in [1.54, 1.807) is 13.0 Å². The fraction of sp³-hybridized carbons (Fsp3) is 0.385. The SMILES string of the molecule is Cc1cc(F)cc(C(=O)NCCCCC(=O)O)c1. The molecule has 0 saturated carbocycles. The zero-order valence-electron chi connectivity index (χ0n) is 10.2. The Labute approximate surface area is 105 Å². The van der Waals surface area contributed by atoms with Crippen LogP contribution in [0.15, 0.2) is 18.2 Å². The Morgan fingerprint density at radius 3 is 2.61 bits per heavy atom. The highest BCUT2D eigenvalue weighted by Gasteiger charge is 2.07. The summed E-state index contributed by atoms with van der Waals surface area (Å²) in [6, 6.07) is 4.14. The van der Waals surface area contributed by atoms with Crippen molar-refractivity contribution in [3.63, 3.8) is 0 Å². The molecule has 0 aliphatic heterocycles. The van der Waals surface area contributed by atoms with Crippen LogP contribution in [0.25, 0.3) is 0 Å². The first-order valence-electron chi connectivity index (χ1n) is 5.76. The Morgan fingerprint density at radius 1 is 1.28 bits per heavy atom. The largest absolute Gasteiger partial charge is 0.481 e. The number of hydrogen-bond acceptors (Lipinski definition) is 2. The van der Waals surface area contributed by atoms with Crippen molar-refractivity contribution in [3.05, 3.63) is 35.1 Å². The molecule has 0 radical (unpaired) electrons. The van der Waals surface area contributed by atoms with Gasteiger partial charge in [-0.25, -0.2) is 4.39 Å². The standard InChI is InChI=1S/C13H16FNO3/c1-9-6-10(8-11(14)7-9)13(18)15-5-3-2-4-12(16)17/h6-8H,2-5H2,1H3,(H,15,18)(H,16,17). The minimum atomic E-state index is -0.845. The van der Waals surface area contributed by atoms with Crippen molar-refractivity contribution in [2.75, 3.05) is 6.54 Å². The van der Waals surface area contributed by atoms with Crippen LogP contribution in [0.4, 0.5) is 4.39 Å². The van der Waals surface area contributed by atoms with E-state index in [0.29, 0.717) is 24.9 Å². The molecule has 0 heterocycles. The van der Waals surface area contributed by atoms with Gasteiger partial charge in [0.05, 0.1) is 0 Å². The second-order valence-electron chi connectivity index (χ2n) is 4.12. The van der Waals surface area contributed by atoms with Crippen LogP contribution < -0.4 is 5.32 Å². The molecule has 98 valence electrons. The summed E-state index contributed by atoms with van der Waals surface area (Å²) in [5.41, 5.74) is 0.969. The van der Waals surface area contributed by atoms with E-state index in [0.717, 1.165) is 0 Å². The van der Waals surface area contributed by atoms with Crippen molar-refractivity contribution < 1.29 is 19.1 Å². The van der Waals surface area contributed by atoms with Crippen LogP contribution in [0.2, 0.25) is 0 Å². The number of rotatable bonds is 6. The summed E-state index contributed by atoms with van der Waals surface area (Å²) in [5, 5.41) is 11.1. The highest BCUT2D eigenvalue weighted by molar-refractivity contribution is 5.94. The zero-order chi connectivity index (χ0) is 13.5. The quantitative estimate of drug-likeness (QED) is 0.763. The molecule has 0 spiro atoms. The minimum Gasteiger partial charge on any atom is -0.481 e. The number of unbranched alkanes of at least 4 members (excludes halogenated alkanes) is 1. The van der Waals surface area contributed by atoms with Crippen LogP contribution in [0.1, 0.15) is 35.2 Å². The van der Waals surface area contributed by atoms with E-state index in [9.17, 15) is 14.0 Å². The smallest absolute Gasteiger partial charge is 0.303 e. The summed E-state index contributed by atoms with van der Waals surface area (Å²) in [6.07, 6.45) is 1.19. The lowest BCUT2D eigenvalue weighted by Gasteiger charge is -2.05. The van der Waals surface area contributed by atoms with Crippen LogP contribution in [0, 0.1) is 12.7 Å². The van der Waals surface area contributed by atoms with Crippen LogP contribution in [0.5, 0.6) is 0 Å². The van der Waals surface area contributed by atoms with E-state index in [1.165, 1.54) is 12.1 Å². The van der Waals surface area contributed by atoms with Crippen molar-refractivity contribution >= 4 is 11.9 Å². The molecule has 0 aromatic heterocycles. The van der Waals surface area contributed by atoms with Gasteiger partial charge in [0, 0.05) is 18.5 Å². The van der Waals surface area contributed by atoms with Gasteiger partial charge in [-0.3, -0.25) is 9.59 Å². The van der Waals surface area contributed by atoms with Gasteiger partial charge in [0.15, 0.2) is 0 Å². The zero-order valence-corrected chi connectivity index (χ0v) is 10.2. The van der Waals surface area contributed by atoms with E-state index >= 15 is 0 Å². The van der Waals surface area contributed by atoms with Crippen LogP contribution >= 0.6 is 0 Å². The summed E-state index contributed by atoms with van der Waals surface area (Å²) in [5.74, 6) is -1.62. The van der Waals surface area contributed by atoms with Gasteiger partial charge in [0.25, 0.3) is 5.91 Å². The molecular formula is C13H16FNO3. The average Bonchev–Trinajstić information content (AvgIpc) is 2.26. The molecule has 2 N–H and O–H groups in total. The summed E-state index contributed by atoms with van der Waals surface area (Å²) in [4.78, 5) is 21.9. The van der Waals surface area contributed by atoms with E-state index in [-0.39, 0.29) is 17.9 Å².